The highest BCUT2D eigenvalue weighted by Crippen LogP contribution is 2.33. The van der Waals surface area contributed by atoms with E-state index in [4.69, 9.17) is 9.72 Å². The molecule has 0 radical (unpaired) electrons. The molecule has 1 aliphatic carbocycles. The van der Waals surface area contributed by atoms with Gasteiger partial charge >= 0.3 is 6.03 Å². The zero-order valence-electron chi connectivity index (χ0n) is 19.8. The molecule has 3 N–H and O–H groups in total. The molecule has 36 heavy (non-hydrogen) atoms. The van der Waals surface area contributed by atoms with Gasteiger partial charge in [0.15, 0.2) is 5.65 Å². The van der Waals surface area contributed by atoms with Crippen LogP contribution in [0.1, 0.15) is 41.9 Å². The van der Waals surface area contributed by atoms with E-state index in [1.54, 1.807) is 16.8 Å². The molecule has 3 fully saturated rings. The molecule has 3 aliphatic rings. The number of carbonyl (C=O) groups excluding carboxylic acids is 3. The number of fused-ring (bicyclic) bond motifs is 1. The van der Waals surface area contributed by atoms with Crippen molar-refractivity contribution in [1.29, 1.82) is 0 Å². The summed E-state index contributed by atoms with van der Waals surface area (Å²) in [7, 11) is 0. The molecule has 2 aliphatic heterocycles. The van der Waals surface area contributed by atoms with E-state index in [-0.39, 0.29) is 23.8 Å². The quantitative estimate of drug-likeness (QED) is 0.357. The molecule has 12 heteroatoms. The number of nitrogens with zero attached hydrogens (tertiary/aromatic N) is 4. The molecule has 186 valence electrons. The third-order valence-corrected chi connectivity index (χ3v) is 7.32. The third-order valence-electron chi connectivity index (χ3n) is 6.22. The van der Waals surface area contributed by atoms with Gasteiger partial charge < -0.3 is 20.3 Å². The molecule has 11 nitrogen and oxygen atoms in total. The number of ether oxygens (including phenoxy) is 1. The Morgan fingerprint density at radius 2 is 1.97 bits per heavy atom. The minimum Gasteiger partial charge on any atom is -0.372 e. The predicted molar refractivity (Wildman–Crippen MR) is 134 cm³/mol. The highest BCUT2D eigenvalue weighted by molar-refractivity contribution is 7.17. The summed E-state index contributed by atoms with van der Waals surface area (Å²) in [6.45, 7) is 5.08. The molecular weight excluding hydrogens is 482 g/mol. The van der Waals surface area contributed by atoms with Gasteiger partial charge in [0.05, 0.1) is 33.9 Å². The Kier molecular flexibility index (Phi) is 5.49. The van der Waals surface area contributed by atoms with Gasteiger partial charge in [-0.1, -0.05) is 0 Å². The van der Waals surface area contributed by atoms with Crippen LogP contribution in [0.4, 0.5) is 10.6 Å². The lowest BCUT2D eigenvalue weighted by atomic mass is 10.2. The number of thiophene rings is 1. The number of nitrogens with one attached hydrogen (secondary N) is 3. The molecule has 4 amide bonds. The third kappa shape index (κ3) is 4.33. The summed E-state index contributed by atoms with van der Waals surface area (Å²) in [5, 5.41) is 12.6. The molecule has 0 aromatic carbocycles. The molecule has 5 heterocycles. The van der Waals surface area contributed by atoms with Crippen LogP contribution in [0.5, 0.6) is 0 Å². The number of carbonyl (C=O) groups is 3. The average molecular weight is 508 g/mol. The van der Waals surface area contributed by atoms with E-state index >= 15 is 0 Å². The van der Waals surface area contributed by atoms with Crippen molar-refractivity contribution in [3.63, 3.8) is 0 Å². The summed E-state index contributed by atoms with van der Waals surface area (Å²) >= 11 is 1.40. The van der Waals surface area contributed by atoms with E-state index in [1.165, 1.54) is 11.3 Å². The monoisotopic (exact) mass is 507 g/mol. The minimum atomic E-state index is -0.563. The van der Waals surface area contributed by atoms with Gasteiger partial charge in [0.25, 0.3) is 11.8 Å². The van der Waals surface area contributed by atoms with Crippen molar-refractivity contribution in [2.24, 2.45) is 0 Å². The van der Waals surface area contributed by atoms with Crippen molar-refractivity contribution in [2.45, 2.75) is 44.9 Å². The van der Waals surface area contributed by atoms with Crippen molar-refractivity contribution in [1.82, 2.24) is 30.1 Å². The van der Waals surface area contributed by atoms with Crippen LogP contribution in [0.2, 0.25) is 0 Å². The van der Waals surface area contributed by atoms with Gasteiger partial charge in [0.1, 0.15) is 11.5 Å². The Labute approximate surface area is 210 Å². The average Bonchev–Trinajstić information content (AvgIpc) is 3.22. The van der Waals surface area contributed by atoms with Crippen molar-refractivity contribution in [2.75, 3.05) is 18.4 Å². The van der Waals surface area contributed by atoms with E-state index < -0.39 is 11.9 Å². The van der Waals surface area contributed by atoms with Gasteiger partial charge in [0, 0.05) is 30.8 Å². The Hall–Kier alpha value is -3.77. The van der Waals surface area contributed by atoms with E-state index in [9.17, 15) is 14.4 Å². The lowest BCUT2D eigenvalue weighted by Gasteiger charge is -2.35. The number of imide groups is 1. The summed E-state index contributed by atoms with van der Waals surface area (Å²) in [5.41, 5.74) is 1.96. The van der Waals surface area contributed by atoms with E-state index in [0.717, 1.165) is 23.5 Å². The molecule has 2 saturated heterocycles. The first kappa shape index (κ1) is 22.7. The second-order valence-electron chi connectivity index (χ2n) is 9.38. The lowest BCUT2D eigenvalue weighted by Crippen LogP contribution is -2.48. The zero-order valence-corrected chi connectivity index (χ0v) is 20.6. The smallest absolute Gasteiger partial charge is 0.326 e. The van der Waals surface area contributed by atoms with Crippen LogP contribution in [-0.4, -0.2) is 68.7 Å². The first-order chi connectivity index (χ1) is 17.3. The maximum absolute atomic E-state index is 13.2. The number of hydrogen-bond donors (Lipinski definition) is 3. The number of morpholine rings is 1. The number of hydrogen-bond acceptors (Lipinski definition) is 8. The largest absolute Gasteiger partial charge is 0.372 e. The molecular formula is C24H25N7O4S. The van der Waals surface area contributed by atoms with Gasteiger partial charge in [-0.25, -0.2) is 9.78 Å². The second kappa shape index (κ2) is 8.71. The Balaban J connectivity index is 1.36. The fraction of sp³-hybridized carbons (Fsp3) is 0.375. The lowest BCUT2D eigenvalue weighted by molar-refractivity contribution is -0.115. The Bertz CT molecular complexity index is 1410. The van der Waals surface area contributed by atoms with Gasteiger partial charge in [-0.05, 0) is 44.9 Å². The van der Waals surface area contributed by atoms with Crippen LogP contribution in [0, 0.1) is 0 Å². The number of rotatable bonds is 5. The Morgan fingerprint density at radius 3 is 2.67 bits per heavy atom. The van der Waals surface area contributed by atoms with Crippen molar-refractivity contribution in [3.05, 3.63) is 40.5 Å². The summed E-state index contributed by atoms with van der Waals surface area (Å²) in [6.07, 6.45) is 5.33. The van der Waals surface area contributed by atoms with Crippen LogP contribution < -0.4 is 16.0 Å². The molecule has 2 unspecified atom stereocenters. The SMILES string of the molecule is CC1CN(C(=O)c2ccc(-c3cc(NC4CC4)n4ncc(/C=C5\NC(=O)NC5=O)c4n3)s2)CC(C)O1. The molecule has 1 saturated carbocycles. The number of aromatic nitrogens is 3. The first-order valence-corrected chi connectivity index (χ1v) is 12.7. The summed E-state index contributed by atoms with van der Waals surface area (Å²) < 4.78 is 7.46. The first-order valence-electron chi connectivity index (χ1n) is 11.9. The highest BCUT2D eigenvalue weighted by Gasteiger charge is 2.28. The maximum atomic E-state index is 13.2. The molecule has 0 spiro atoms. The number of amides is 4. The van der Waals surface area contributed by atoms with Crippen molar-refractivity contribution < 1.29 is 19.1 Å². The van der Waals surface area contributed by atoms with Gasteiger partial charge in [-0.15, -0.1) is 11.3 Å². The zero-order chi connectivity index (χ0) is 25.0. The van der Waals surface area contributed by atoms with Gasteiger partial charge in [-0.2, -0.15) is 9.61 Å². The van der Waals surface area contributed by atoms with E-state index in [2.05, 4.69) is 21.0 Å². The topological polar surface area (TPSA) is 130 Å². The van der Waals surface area contributed by atoms with Crippen LogP contribution in [0.25, 0.3) is 22.3 Å². The van der Waals surface area contributed by atoms with Crippen molar-refractivity contribution in [3.8, 4) is 10.6 Å². The minimum absolute atomic E-state index is 0.00148. The van der Waals surface area contributed by atoms with E-state index in [0.29, 0.717) is 40.9 Å². The highest BCUT2D eigenvalue weighted by atomic mass is 32.1. The van der Waals surface area contributed by atoms with Crippen LogP contribution >= 0.6 is 11.3 Å². The van der Waals surface area contributed by atoms with Crippen LogP contribution in [0.15, 0.2) is 30.1 Å². The maximum Gasteiger partial charge on any atom is 0.326 e. The summed E-state index contributed by atoms with van der Waals surface area (Å²) in [4.78, 5) is 44.9. The van der Waals surface area contributed by atoms with Gasteiger partial charge in [0.2, 0.25) is 0 Å². The molecule has 3 aromatic heterocycles. The molecule has 6 rings (SSSR count). The molecule has 0 bridgehead atoms. The number of anilines is 1. The normalized spacial score (nSPS) is 23.3. The predicted octanol–water partition coefficient (Wildman–Crippen LogP) is 2.46. The van der Waals surface area contributed by atoms with Crippen molar-refractivity contribution >= 4 is 46.7 Å². The van der Waals surface area contributed by atoms with Crippen LogP contribution in [-0.2, 0) is 9.53 Å². The van der Waals surface area contributed by atoms with Crippen LogP contribution in [0.3, 0.4) is 0 Å². The molecule has 3 aromatic rings. The molecule has 2 atom stereocenters. The van der Waals surface area contributed by atoms with E-state index in [1.807, 2.05) is 36.9 Å². The fourth-order valence-electron chi connectivity index (χ4n) is 4.48. The summed E-state index contributed by atoms with van der Waals surface area (Å²) in [6, 6.07) is 5.49. The summed E-state index contributed by atoms with van der Waals surface area (Å²) in [5.74, 6) is 0.266. The number of urea groups is 1. The fourth-order valence-corrected chi connectivity index (χ4v) is 5.41. The Morgan fingerprint density at radius 1 is 1.19 bits per heavy atom. The second-order valence-corrected chi connectivity index (χ2v) is 10.5. The standard InChI is InChI=1S/C24H25N7O4S/c1-12-10-30(11-13(2)35-12)23(33)19-6-5-18(36-19)16-8-20(26-15-3-4-15)31-21(27-16)14(9-25-31)7-17-22(32)29-24(34)28-17/h5-9,12-13,15,26H,3-4,10-11H2,1-2H3,(H2,28,29,32,34)/b17-7-. The van der Waals surface area contributed by atoms with Gasteiger partial charge in [-0.3, -0.25) is 14.9 Å².